The van der Waals surface area contributed by atoms with E-state index in [9.17, 15) is 9.59 Å². The van der Waals surface area contributed by atoms with Crippen LogP contribution in [0.1, 0.15) is 30.9 Å². The Labute approximate surface area is 159 Å². The van der Waals surface area contributed by atoms with Crippen molar-refractivity contribution < 1.29 is 14.3 Å². The second-order valence-corrected chi connectivity index (χ2v) is 6.04. The fraction of sp³-hybridized carbons (Fsp3) is 0.286. The lowest BCUT2D eigenvalue weighted by molar-refractivity contribution is -0.120. The zero-order valence-electron chi connectivity index (χ0n) is 15.3. The van der Waals surface area contributed by atoms with Crippen molar-refractivity contribution in [2.75, 3.05) is 11.9 Å². The molecule has 27 heavy (non-hydrogen) atoms. The first-order valence-electron chi connectivity index (χ1n) is 8.85. The molecule has 2 aromatic carbocycles. The third-order valence-electron chi connectivity index (χ3n) is 3.77. The highest BCUT2D eigenvalue weighted by Crippen LogP contribution is 2.14. The molecule has 0 atom stereocenters. The second-order valence-electron chi connectivity index (χ2n) is 6.04. The monoisotopic (exact) mass is 365 g/mol. The van der Waals surface area contributed by atoms with Gasteiger partial charge in [0.2, 0.25) is 5.91 Å². The summed E-state index contributed by atoms with van der Waals surface area (Å²) in [6.07, 6.45) is 1.94. The minimum atomic E-state index is -0.328. The molecule has 6 heteroatoms. The van der Waals surface area contributed by atoms with Gasteiger partial charge in [-0.25, -0.2) is 0 Å². The number of amides is 2. The Balaban J connectivity index is 1.82. The van der Waals surface area contributed by atoms with Crippen LogP contribution >= 0.6 is 0 Å². The van der Waals surface area contributed by atoms with Gasteiger partial charge in [0.15, 0.2) is 6.61 Å². The molecule has 6 nitrogen and oxygen atoms in total. The lowest BCUT2D eigenvalue weighted by Crippen LogP contribution is -2.22. The third kappa shape index (κ3) is 7.20. The fourth-order valence-corrected chi connectivity index (χ4v) is 2.48. The Morgan fingerprint density at radius 3 is 2.56 bits per heavy atom. The summed E-state index contributed by atoms with van der Waals surface area (Å²) in [6, 6.07) is 16.7. The van der Waals surface area contributed by atoms with E-state index in [1.807, 2.05) is 30.3 Å². The van der Waals surface area contributed by atoms with Crippen molar-refractivity contribution in [3.63, 3.8) is 0 Å². The van der Waals surface area contributed by atoms with E-state index < -0.39 is 0 Å². The van der Waals surface area contributed by atoms with Crippen LogP contribution in [0.25, 0.3) is 0 Å². The van der Waals surface area contributed by atoms with E-state index in [4.69, 9.17) is 10.00 Å². The predicted octanol–water partition coefficient (Wildman–Crippen LogP) is 3.19. The van der Waals surface area contributed by atoms with Crippen LogP contribution in [-0.2, 0) is 22.6 Å². The molecule has 2 aromatic rings. The molecule has 0 spiro atoms. The number of rotatable bonds is 9. The summed E-state index contributed by atoms with van der Waals surface area (Å²) in [7, 11) is 0. The number of ether oxygens (including phenoxy) is 1. The van der Waals surface area contributed by atoms with E-state index in [0.29, 0.717) is 18.0 Å². The molecule has 0 aliphatic rings. The predicted molar refractivity (Wildman–Crippen MR) is 103 cm³/mol. The summed E-state index contributed by atoms with van der Waals surface area (Å²) in [5, 5.41) is 13.9. The Bertz CT molecular complexity index is 810. The molecule has 140 valence electrons. The molecule has 0 aliphatic carbocycles. The van der Waals surface area contributed by atoms with E-state index in [-0.39, 0.29) is 24.8 Å². The highest BCUT2D eigenvalue weighted by molar-refractivity contribution is 5.92. The Morgan fingerprint density at radius 1 is 1.07 bits per heavy atom. The molecule has 2 rings (SSSR count). The van der Waals surface area contributed by atoms with Gasteiger partial charge in [0.05, 0.1) is 6.07 Å². The van der Waals surface area contributed by atoms with E-state index in [2.05, 4.69) is 17.6 Å². The summed E-state index contributed by atoms with van der Waals surface area (Å²) in [4.78, 5) is 23.4. The van der Waals surface area contributed by atoms with Crippen LogP contribution < -0.4 is 15.4 Å². The van der Waals surface area contributed by atoms with Gasteiger partial charge in [-0.15, -0.1) is 0 Å². The Morgan fingerprint density at radius 2 is 1.85 bits per heavy atom. The summed E-state index contributed by atoms with van der Waals surface area (Å²) < 4.78 is 5.51. The number of aryl methyl sites for hydroxylation is 1. The van der Waals surface area contributed by atoms with E-state index >= 15 is 0 Å². The van der Waals surface area contributed by atoms with E-state index in [1.54, 1.807) is 24.3 Å². The smallest absolute Gasteiger partial charge is 0.262 e. The number of hydrogen-bond acceptors (Lipinski definition) is 4. The maximum atomic E-state index is 12.1. The molecule has 0 bridgehead atoms. The average Bonchev–Trinajstić information content (AvgIpc) is 2.67. The third-order valence-corrected chi connectivity index (χ3v) is 3.77. The quantitative estimate of drug-likeness (QED) is 0.714. The Hall–Kier alpha value is -3.33. The van der Waals surface area contributed by atoms with Crippen molar-refractivity contribution in [2.45, 2.75) is 32.7 Å². The molecule has 0 fully saturated rings. The van der Waals surface area contributed by atoms with Crippen molar-refractivity contribution in [3.8, 4) is 11.8 Å². The van der Waals surface area contributed by atoms with Crippen LogP contribution in [0, 0.1) is 11.3 Å². The molecule has 0 saturated heterocycles. The van der Waals surface area contributed by atoms with Crippen LogP contribution in [0.15, 0.2) is 48.5 Å². The molecule has 0 saturated carbocycles. The first-order chi connectivity index (χ1) is 13.1. The Kier molecular flexibility index (Phi) is 7.86. The van der Waals surface area contributed by atoms with Crippen LogP contribution in [0.3, 0.4) is 0 Å². The molecule has 0 heterocycles. The first-order valence-corrected chi connectivity index (χ1v) is 8.85. The van der Waals surface area contributed by atoms with Gasteiger partial charge in [0.1, 0.15) is 12.2 Å². The number of benzene rings is 2. The van der Waals surface area contributed by atoms with Crippen LogP contribution in [-0.4, -0.2) is 18.4 Å². The van der Waals surface area contributed by atoms with Crippen LogP contribution in [0.2, 0.25) is 0 Å². The normalized spacial score (nSPS) is 9.93. The summed E-state index contributed by atoms with van der Waals surface area (Å²) in [6.45, 7) is 2.34. The van der Waals surface area contributed by atoms with Crippen molar-refractivity contribution in [3.05, 3.63) is 59.7 Å². The molecule has 0 aliphatic heterocycles. The number of nitrogens with zero attached hydrogens (tertiary/aromatic N) is 1. The molecule has 2 amide bonds. The SMILES string of the molecule is CCCc1ccc(OCC(=O)Nc2cccc(CNC(=O)CC#N)c2)cc1. The minimum absolute atomic E-state index is 0.0870. The van der Waals surface area contributed by atoms with E-state index in [0.717, 1.165) is 18.4 Å². The second kappa shape index (κ2) is 10.6. The van der Waals surface area contributed by atoms with Gasteiger partial charge < -0.3 is 15.4 Å². The number of hydrogen-bond donors (Lipinski definition) is 2. The van der Waals surface area contributed by atoms with Gasteiger partial charge in [-0.3, -0.25) is 9.59 Å². The van der Waals surface area contributed by atoms with Crippen molar-refractivity contribution >= 4 is 17.5 Å². The lowest BCUT2D eigenvalue weighted by atomic mass is 10.1. The standard InChI is InChI=1S/C21H23N3O3/c1-2-4-16-7-9-19(10-8-16)27-15-21(26)24-18-6-3-5-17(13-18)14-23-20(25)11-12-22/h3,5-10,13H,2,4,11,14-15H2,1H3,(H,23,25)(H,24,26). The van der Waals surface area contributed by atoms with Crippen molar-refractivity contribution in [2.24, 2.45) is 0 Å². The van der Waals surface area contributed by atoms with Crippen LogP contribution in [0.5, 0.6) is 5.75 Å². The highest BCUT2D eigenvalue weighted by atomic mass is 16.5. The van der Waals surface area contributed by atoms with E-state index in [1.165, 1.54) is 5.56 Å². The summed E-state index contributed by atoms with van der Waals surface area (Å²) in [5.74, 6) is 0.0579. The lowest BCUT2D eigenvalue weighted by Gasteiger charge is -2.10. The number of nitriles is 1. The number of anilines is 1. The molecule has 0 radical (unpaired) electrons. The van der Waals surface area contributed by atoms with Gasteiger partial charge in [0, 0.05) is 12.2 Å². The topological polar surface area (TPSA) is 91.2 Å². The van der Waals surface area contributed by atoms with Crippen LogP contribution in [0.4, 0.5) is 5.69 Å². The minimum Gasteiger partial charge on any atom is -0.484 e. The largest absolute Gasteiger partial charge is 0.484 e. The summed E-state index contributed by atoms with van der Waals surface area (Å²) >= 11 is 0. The molecule has 2 N–H and O–H groups in total. The first kappa shape index (κ1) is 20.0. The van der Waals surface area contributed by atoms with Gasteiger partial charge >= 0.3 is 0 Å². The number of nitrogens with one attached hydrogen (secondary N) is 2. The maximum absolute atomic E-state index is 12.1. The zero-order chi connectivity index (χ0) is 19.5. The van der Waals surface area contributed by atoms with Crippen molar-refractivity contribution in [1.82, 2.24) is 5.32 Å². The molecule has 0 aromatic heterocycles. The summed E-state index contributed by atoms with van der Waals surface area (Å²) in [5.41, 5.74) is 2.69. The average molecular weight is 365 g/mol. The molecule has 0 unspecified atom stereocenters. The highest BCUT2D eigenvalue weighted by Gasteiger charge is 2.06. The number of carbonyl (C=O) groups excluding carboxylic acids is 2. The van der Waals surface area contributed by atoms with Gasteiger partial charge in [-0.1, -0.05) is 37.6 Å². The fourth-order valence-electron chi connectivity index (χ4n) is 2.48. The molecular weight excluding hydrogens is 342 g/mol. The maximum Gasteiger partial charge on any atom is 0.262 e. The zero-order valence-corrected chi connectivity index (χ0v) is 15.3. The van der Waals surface area contributed by atoms with Gasteiger partial charge in [-0.05, 0) is 41.8 Å². The number of carbonyl (C=O) groups is 2. The van der Waals surface area contributed by atoms with Gasteiger partial charge in [-0.2, -0.15) is 5.26 Å². The van der Waals surface area contributed by atoms with Gasteiger partial charge in [0.25, 0.3) is 5.91 Å². The van der Waals surface area contributed by atoms with Crippen molar-refractivity contribution in [1.29, 1.82) is 5.26 Å². The molecular formula is C21H23N3O3.